The highest BCUT2D eigenvalue weighted by Gasteiger charge is 2.37. The number of aromatic nitrogens is 2. The average molecular weight is 502 g/mol. The van der Waals surface area contributed by atoms with Crippen molar-refractivity contribution in [1.82, 2.24) is 9.55 Å². The molecular formula is C34H23N5. The number of hydrogen-bond acceptors (Lipinski definition) is 4. The number of fused-ring (bicyclic) bond motifs is 5. The fourth-order valence-electron chi connectivity index (χ4n) is 6.15. The van der Waals surface area contributed by atoms with Gasteiger partial charge in [-0.3, -0.25) is 4.98 Å². The molecule has 0 amide bonds. The summed E-state index contributed by atoms with van der Waals surface area (Å²) >= 11 is 0. The van der Waals surface area contributed by atoms with Crippen LogP contribution in [0.1, 0.15) is 36.1 Å². The van der Waals surface area contributed by atoms with Gasteiger partial charge in [0.25, 0.3) is 0 Å². The van der Waals surface area contributed by atoms with Gasteiger partial charge >= 0.3 is 0 Å². The maximum absolute atomic E-state index is 10.4. The minimum absolute atomic E-state index is 0.230. The molecule has 0 spiro atoms. The molecule has 0 bridgehead atoms. The number of nitrogens with zero attached hydrogens (tertiary/aromatic N) is 5. The van der Waals surface area contributed by atoms with E-state index in [4.69, 9.17) is 0 Å². The van der Waals surface area contributed by atoms with Crippen LogP contribution in [0.5, 0.6) is 0 Å². The highest BCUT2D eigenvalue weighted by atomic mass is 15.2. The Morgan fingerprint density at radius 3 is 2.03 bits per heavy atom. The van der Waals surface area contributed by atoms with E-state index in [0.717, 1.165) is 38.9 Å². The van der Waals surface area contributed by atoms with Gasteiger partial charge in [-0.15, -0.1) is 0 Å². The van der Waals surface area contributed by atoms with Crippen LogP contribution in [0, 0.1) is 22.7 Å². The van der Waals surface area contributed by atoms with Gasteiger partial charge in [0.15, 0.2) is 0 Å². The largest absolute Gasteiger partial charge is 0.309 e. The molecule has 5 nitrogen and oxygen atoms in total. The lowest BCUT2D eigenvalue weighted by atomic mass is 9.73. The normalized spacial score (nSPS) is 13.5. The molecule has 0 N–H and O–H groups in total. The van der Waals surface area contributed by atoms with Crippen molar-refractivity contribution in [2.24, 2.45) is 0 Å². The third kappa shape index (κ3) is 3.14. The molecule has 39 heavy (non-hydrogen) atoms. The molecule has 0 aliphatic carbocycles. The first-order chi connectivity index (χ1) is 19.0. The van der Waals surface area contributed by atoms with Gasteiger partial charge in [-0.2, -0.15) is 10.5 Å². The summed E-state index contributed by atoms with van der Waals surface area (Å²) in [5.74, 6) is 0. The van der Waals surface area contributed by atoms with E-state index in [2.05, 4.69) is 89.0 Å². The maximum atomic E-state index is 10.4. The molecule has 7 rings (SSSR count). The lowest BCUT2D eigenvalue weighted by Gasteiger charge is -2.42. The van der Waals surface area contributed by atoms with Crippen molar-refractivity contribution in [3.05, 3.63) is 126 Å². The van der Waals surface area contributed by atoms with Crippen LogP contribution in [0.25, 0.3) is 27.5 Å². The average Bonchev–Trinajstić information content (AvgIpc) is 3.31. The van der Waals surface area contributed by atoms with Crippen LogP contribution in [-0.2, 0) is 5.41 Å². The van der Waals surface area contributed by atoms with Gasteiger partial charge in [-0.25, -0.2) is 0 Å². The van der Waals surface area contributed by atoms with Gasteiger partial charge in [0.1, 0.15) is 12.1 Å². The lowest BCUT2D eigenvalue weighted by molar-refractivity contribution is 0.632. The van der Waals surface area contributed by atoms with E-state index in [0.29, 0.717) is 16.8 Å². The van der Waals surface area contributed by atoms with Crippen LogP contribution in [0.3, 0.4) is 0 Å². The van der Waals surface area contributed by atoms with Gasteiger partial charge in [0, 0.05) is 34.3 Å². The monoisotopic (exact) mass is 501 g/mol. The zero-order valence-corrected chi connectivity index (χ0v) is 21.6. The summed E-state index contributed by atoms with van der Waals surface area (Å²) in [5, 5.41) is 22.8. The number of anilines is 3. The van der Waals surface area contributed by atoms with E-state index >= 15 is 0 Å². The van der Waals surface area contributed by atoms with Crippen molar-refractivity contribution in [1.29, 1.82) is 10.5 Å². The molecule has 4 aromatic carbocycles. The molecular weight excluding hydrogens is 478 g/mol. The van der Waals surface area contributed by atoms with E-state index in [1.807, 2.05) is 48.7 Å². The molecule has 2 aromatic heterocycles. The second-order valence-corrected chi connectivity index (χ2v) is 10.4. The van der Waals surface area contributed by atoms with E-state index < -0.39 is 0 Å². The third-order valence-electron chi connectivity index (χ3n) is 7.94. The van der Waals surface area contributed by atoms with Gasteiger partial charge in [-0.1, -0.05) is 68.4 Å². The van der Waals surface area contributed by atoms with E-state index in [9.17, 15) is 10.5 Å². The Morgan fingerprint density at radius 2 is 1.33 bits per heavy atom. The summed E-state index contributed by atoms with van der Waals surface area (Å²) in [7, 11) is 0. The van der Waals surface area contributed by atoms with Gasteiger partial charge < -0.3 is 9.47 Å². The minimum Gasteiger partial charge on any atom is -0.309 e. The summed E-state index contributed by atoms with van der Waals surface area (Å²) in [5.41, 5.74) is 8.31. The standard InChI is InChI=1S/C34H23N5/c1-34(2)27-10-4-7-13-31(27)39(32-14-8-5-11-28(32)34)33-18-23(17-22(19-35)25(33)20-36)38-29-12-6-3-9-24(29)26-21-37-16-15-30(26)38/h3-18,21H,1-2H3. The molecule has 3 heterocycles. The Hall–Kier alpha value is -5.39. The number of rotatable bonds is 2. The molecule has 5 heteroatoms. The van der Waals surface area contributed by atoms with Crippen LogP contribution in [0.4, 0.5) is 17.1 Å². The first kappa shape index (κ1) is 22.8. The van der Waals surface area contributed by atoms with Crippen molar-refractivity contribution < 1.29 is 0 Å². The molecule has 1 aliphatic heterocycles. The first-order valence-corrected chi connectivity index (χ1v) is 12.9. The fraction of sp³-hybridized carbons (Fsp3) is 0.0882. The quantitative estimate of drug-likeness (QED) is 0.241. The summed E-state index contributed by atoms with van der Waals surface area (Å²) in [4.78, 5) is 6.52. The van der Waals surface area contributed by atoms with E-state index in [1.54, 1.807) is 6.20 Å². The van der Waals surface area contributed by atoms with Crippen molar-refractivity contribution >= 4 is 38.9 Å². The molecule has 0 radical (unpaired) electrons. The van der Waals surface area contributed by atoms with Crippen molar-refractivity contribution in [2.75, 3.05) is 4.90 Å². The number of benzene rings is 4. The Labute approximate surface area is 226 Å². The minimum atomic E-state index is -0.230. The zero-order chi connectivity index (χ0) is 26.7. The topological polar surface area (TPSA) is 68.6 Å². The molecule has 6 aromatic rings. The van der Waals surface area contributed by atoms with Crippen molar-refractivity contribution in [3.8, 4) is 17.8 Å². The van der Waals surface area contributed by atoms with E-state index in [-0.39, 0.29) is 5.41 Å². The van der Waals surface area contributed by atoms with Gasteiger partial charge in [0.2, 0.25) is 0 Å². The zero-order valence-electron chi connectivity index (χ0n) is 21.6. The maximum Gasteiger partial charge on any atom is 0.103 e. The van der Waals surface area contributed by atoms with Crippen LogP contribution in [-0.4, -0.2) is 9.55 Å². The summed E-state index contributed by atoms with van der Waals surface area (Å²) < 4.78 is 2.16. The second-order valence-electron chi connectivity index (χ2n) is 10.4. The lowest BCUT2D eigenvalue weighted by Crippen LogP contribution is -2.31. The molecule has 1 aliphatic rings. The van der Waals surface area contributed by atoms with Crippen LogP contribution < -0.4 is 4.90 Å². The summed E-state index contributed by atoms with van der Waals surface area (Å²) in [6.07, 6.45) is 3.66. The van der Waals surface area contributed by atoms with Gasteiger partial charge in [0.05, 0.1) is 39.2 Å². The number of pyridine rings is 1. The Bertz CT molecular complexity index is 1930. The fourth-order valence-corrected chi connectivity index (χ4v) is 6.15. The Balaban J connectivity index is 1.60. The third-order valence-corrected chi connectivity index (χ3v) is 7.94. The Morgan fingerprint density at radius 1 is 0.692 bits per heavy atom. The number of nitriles is 2. The SMILES string of the molecule is CC1(C)c2ccccc2N(c2cc(-n3c4ccccc4c4cnccc43)cc(C#N)c2C#N)c2ccccc21. The smallest absolute Gasteiger partial charge is 0.103 e. The molecule has 0 saturated carbocycles. The van der Waals surface area contributed by atoms with Crippen molar-refractivity contribution in [2.45, 2.75) is 19.3 Å². The predicted molar refractivity (Wildman–Crippen MR) is 155 cm³/mol. The molecule has 0 atom stereocenters. The molecule has 0 unspecified atom stereocenters. The molecule has 184 valence electrons. The summed E-state index contributed by atoms with van der Waals surface area (Å²) in [6, 6.07) is 35.4. The molecule has 0 saturated heterocycles. The molecule has 0 fully saturated rings. The van der Waals surface area contributed by atoms with E-state index in [1.165, 1.54) is 11.1 Å². The Kier molecular flexibility index (Phi) is 4.86. The van der Waals surface area contributed by atoms with Crippen LogP contribution in [0.2, 0.25) is 0 Å². The van der Waals surface area contributed by atoms with Crippen LogP contribution >= 0.6 is 0 Å². The second kappa shape index (κ2) is 8.31. The van der Waals surface area contributed by atoms with Crippen molar-refractivity contribution in [3.63, 3.8) is 0 Å². The number of para-hydroxylation sites is 3. The highest BCUT2D eigenvalue weighted by Crippen LogP contribution is 2.52. The first-order valence-electron chi connectivity index (χ1n) is 12.9. The van der Waals surface area contributed by atoms with Gasteiger partial charge in [-0.05, 0) is 47.5 Å². The summed E-state index contributed by atoms with van der Waals surface area (Å²) in [6.45, 7) is 4.47. The highest BCUT2D eigenvalue weighted by molar-refractivity contribution is 6.09. The van der Waals surface area contributed by atoms with Crippen LogP contribution in [0.15, 0.2) is 103 Å². The number of hydrogen-bond donors (Lipinski definition) is 0. The predicted octanol–water partition coefficient (Wildman–Crippen LogP) is 8.03.